The molecule has 1 aromatic rings. The Morgan fingerprint density at radius 1 is 1.50 bits per heavy atom. The molecular weight excluding hydrogens is 237 g/mol. The Kier molecular flexibility index (Phi) is 5.09. The van der Waals surface area contributed by atoms with Crippen LogP contribution >= 0.6 is 0 Å². The first kappa shape index (κ1) is 14.4. The van der Waals surface area contributed by atoms with E-state index in [1.807, 2.05) is 6.92 Å². The van der Waals surface area contributed by atoms with Crippen LogP contribution in [0.2, 0.25) is 0 Å². The van der Waals surface area contributed by atoms with Gasteiger partial charge in [-0.1, -0.05) is 13.3 Å². The number of benzene rings is 1. The summed E-state index contributed by atoms with van der Waals surface area (Å²) in [7, 11) is 0. The van der Waals surface area contributed by atoms with Crippen LogP contribution in [0.5, 0.6) is 5.75 Å². The van der Waals surface area contributed by atoms with Crippen molar-refractivity contribution >= 4 is 5.97 Å². The molecule has 0 radical (unpaired) electrons. The molecule has 0 heterocycles. The summed E-state index contributed by atoms with van der Waals surface area (Å²) in [5.41, 5.74) is 0.359. The van der Waals surface area contributed by atoms with Crippen LogP contribution in [-0.2, 0) is 4.79 Å². The lowest BCUT2D eigenvalue weighted by molar-refractivity contribution is -0.139. The van der Waals surface area contributed by atoms with E-state index in [0.29, 0.717) is 12.0 Å². The van der Waals surface area contributed by atoms with E-state index in [0.717, 1.165) is 12.5 Å². The SMILES string of the molecule is CCCC(NC(C)c1cc(F)ccc1O)C(=O)O. The molecule has 0 saturated heterocycles. The second kappa shape index (κ2) is 6.35. The maximum atomic E-state index is 13.1. The number of carboxylic acid groups (broad SMARTS) is 1. The van der Waals surface area contributed by atoms with Gasteiger partial charge in [-0.05, 0) is 31.5 Å². The topological polar surface area (TPSA) is 69.6 Å². The number of hydrogen-bond acceptors (Lipinski definition) is 3. The molecule has 100 valence electrons. The molecule has 0 fully saturated rings. The predicted octanol–water partition coefficient (Wildman–Crippen LogP) is 2.44. The molecule has 3 N–H and O–H groups in total. The number of halogens is 1. The summed E-state index contributed by atoms with van der Waals surface area (Å²) in [6, 6.07) is 2.49. The second-order valence-electron chi connectivity index (χ2n) is 4.27. The monoisotopic (exact) mass is 255 g/mol. The molecule has 2 atom stereocenters. The highest BCUT2D eigenvalue weighted by molar-refractivity contribution is 5.73. The minimum Gasteiger partial charge on any atom is -0.508 e. The maximum Gasteiger partial charge on any atom is 0.320 e. The van der Waals surface area contributed by atoms with Gasteiger partial charge in [-0.2, -0.15) is 0 Å². The zero-order chi connectivity index (χ0) is 13.7. The molecule has 18 heavy (non-hydrogen) atoms. The number of carbonyl (C=O) groups is 1. The summed E-state index contributed by atoms with van der Waals surface area (Å²) < 4.78 is 13.1. The van der Waals surface area contributed by atoms with Gasteiger partial charge in [0, 0.05) is 11.6 Å². The lowest BCUT2D eigenvalue weighted by Gasteiger charge is -2.20. The maximum absolute atomic E-state index is 13.1. The number of aromatic hydroxyl groups is 1. The van der Waals surface area contributed by atoms with E-state index >= 15 is 0 Å². The normalized spacial score (nSPS) is 14.2. The molecule has 5 heteroatoms. The molecule has 0 spiro atoms. The Morgan fingerprint density at radius 3 is 2.72 bits per heavy atom. The average Bonchev–Trinajstić information content (AvgIpc) is 2.31. The Labute approximate surface area is 105 Å². The summed E-state index contributed by atoms with van der Waals surface area (Å²) in [4.78, 5) is 11.0. The zero-order valence-electron chi connectivity index (χ0n) is 10.5. The largest absolute Gasteiger partial charge is 0.508 e. The molecule has 0 aliphatic carbocycles. The average molecular weight is 255 g/mol. The molecule has 0 amide bonds. The van der Waals surface area contributed by atoms with Crippen molar-refractivity contribution in [2.24, 2.45) is 0 Å². The summed E-state index contributed by atoms with van der Waals surface area (Å²) in [6.45, 7) is 3.59. The highest BCUT2D eigenvalue weighted by Crippen LogP contribution is 2.25. The van der Waals surface area contributed by atoms with E-state index in [2.05, 4.69) is 5.32 Å². The van der Waals surface area contributed by atoms with Crippen LogP contribution in [0, 0.1) is 5.82 Å². The van der Waals surface area contributed by atoms with Gasteiger partial charge >= 0.3 is 5.97 Å². The molecule has 0 bridgehead atoms. The summed E-state index contributed by atoms with van der Waals surface area (Å²) in [5.74, 6) is -1.45. The van der Waals surface area contributed by atoms with Crippen molar-refractivity contribution in [1.82, 2.24) is 5.32 Å². The van der Waals surface area contributed by atoms with Gasteiger partial charge in [0.1, 0.15) is 17.6 Å². The Balaban J connectivity index is 2.83. The van der Waals surface area contributed by atoms with Gasteiger partial charge < -0.3 is 10.2 Å². The summed E-state index contributed by atoms with van der Waals surface area (Å²) in [6.07, 6.45) is 1.21. The highest BCUT2D eigenvalue weighted by Gasteiger charge is 2.20. The van der Waals surface area contributed by atoms with Crippen molar-refractivity contribution in [1.29, 1.82) is 0 Å². The number of nitrogens with one attached hydrogen (secondary N) is 1. The van der Waals surface area contributed by atoms with Crippen LogP contribution in [-0.4, -0.2) is 22.2 Å². The number of hydrogen-bond donors (Lipinski definition) is 3. The molecule has 1 rings (SSSR count). The quantitative estimate of drug-likeness (QED) is 0.730. The standard InChI is InChI=1S/C13H18FNO3/c1-3-4-11(13(17)18)15-8(2)10-7-9(14)5-6-12(10)16/h5-8,11,15-16H,3-4H2,1-2H3,(H,17,18). The van der Waals surface area contributed by atoms with Crippen molar-refractivity contribution in [3.63, 3.8) is 0 Å². The lowest BCUT2D eigenvalue weighted by atomic mass is 10.0. The Bertz CT molecular complexity index is 423. The van der Waals surface area contributed by atoms with Gasteiger partial charge in [-0.15, -0.1) is 0 Å². The Hall–Kier alpha value is -1.62. The molecule has 0 aromatic heterocycles. The van der Waals surface area contributed by atoms with Crippen LogP contribution in [0.15, 0.2) is 18.2 Å². The number of rotatable bonds is 6. The van der Waals surface area contributed by atoms with Crippen LogP contribution < -0.4 is 5.32 Å². The fourth-order valence-corrected chi connectivity index (χ4v) is 1.83. The third kappa shape index (κ3) is 3.70. The van der Waals surface area contributed by atoms with E-state index in [4.69, 9.17) is 5.11 Å². The predicted molar refractivity (Wildman–Crippen MR) is 65.9 cm³/mol. The smallest absolute Gasteiger partial charge is 0.320 e. The van der Waals surface area contributed by atoms with E-state index in [-0.39, 0.29) is 5.75 Å². The van der Waals surface area contributed by atoms with E-state index in [1.54, 1.807) is 6.92 Å². The van der Waals surface area contributed by atoms with Gasteiger partial charge in [0.25, 0.3) is 0 Å². The highest BCUT2D eigenvalue weighted by atomic mass is 19.1. The third-order valence-electron chi connectivity index (χ3n) is 2.78. The van der Waals surface area contributed by atoms with Crippen molar-refractivity contribution in [3.8, 4) is 5.75 Å². The molecular formula is C13H18FNO3. The van der Waals surface area contributed by atoms with Crippen LogP contribution in [0.1, 0.15) is 38.3 Å². The number of carboxylic acids is 1. The van der Waals surface area contributed by atoms with Crippen molar-refractivity contribution in [2.75, 3.05) is 0 Å². The Morgan fingerprint density at radius 2 is 2.17 bits per heavy atom. The van der Waals surface area contributed by atoms with Crippen molar-refractivity contribution in [3.05, 3.63) is 29.6 Å². The molecule has 0 aliphatic rings. The third-order valence-corrected chi connectivity index (χ3v) is 2.78. The van der Waals surface area contributed by atoms with E-state index in [9.17, 15) is 14.3 Å². The zero-order valence-corrected chi connectivity index (χ0v) is 10.5. The first-order valence-electron chi connectivity index (χ1n) is 5.93. The van der Waals surface area contributed by atoms with Crippen molar-refractivity contribution in [2.45, 2.75) is 38.8 Å². The molecule has 4 nitrogen and oxygen atoms in total. The van der Waals surface area contributed by atoms with Crippen LogP contribution in [0.4, 0.5) is 4.39 Å². The molecule has 0 aliphatic heterocycles. The van der Waals surface area contributed by atoms with Gasteiger partial charge in [0.2, 0.25) is 0 Å². The summed E-state index contributed by atoms with van der Waals surface area (Å²) >= 11 is 0. The minimum atomic E-state index is -0.945. The van der Waals surface area contributed by atoms with Crippen LogP contribution in [0.3, 0.4) is 0 Å². The van der Waals surface area contributed by atoms with E-state index < -0.39 is 23.9 Å². The molecule has 0 saturated carbocycles. The van der Waals surface area contributed by atoms with Crippen molar-refractivity contribution < 1.29 is 19.4 Å². The fourth-order valence-electron chi connectivity index (χ4n) is 1.83. The molecule has 2 unspecified atom stereocenters. The number of phenols is 1. The fraction of sp³-hybridized carbons (Fsp3) is 0.462. The second-order valence-corrected chi connectivity index (χ2v) is 4.27. The minimum absolute atomic E-state index is 0.0444. The molecule has 1 aromatic carbocycles. The first-order valence-corrected chi connectivity index (χ1v) is 5.93. The summed E-state index contributed by atoms with van der Waals surface area (Å²) in [5, 5.41) is 21.5. The van der Waals surface area contributed by atoms with Gasteiger partial charge in [0.15, 0.2) is 0 Å². The first-order chi connectivity index (χ1) is 8.45. The van der Waals surface area contributed by atoms with Gasteiger partial charge in [-0.3, -0.25) is 10.1 Å². The number of phenolic OH excluding ortho intramolecular Hbond substituents is 1. The lowest BCUT2D eigenvalue weighted by Crippen LogP contribution is -2.38. The van der Waals surface area contributed by atoms with Gasteiger partial charge in [-0.25, -0.2) is 4.39 Å². The van der Waals surface area contributed by atoms with E-state index in [1.165, 1.54) is 12.1 Å². The van der Waals surface area contributed by atoms with Gasteiger partial charge in [0.05, 0.1) is 0 Å². The number of aliphatic carboxylic acids is 1. The van der Waals surface area contributed by atoms with Crippen LogP contribution in [0.25, 0.3) is 0 Å².